The van der Waals surface area contributed by atoms with E-state index in [-0.39, 0.29) is 12.5 Å². The number of nitrogens with one attached hydrogen (secondary N) is 1. The van der Waals surface area contributed by atoms with Crippen LogP contribution in [0.1, 0.15) is 42.9 Å². The van der Waals surface area contributed by atoms with E-state index in [1.54, 1.807) is 10.7 Å². The molecule has 0 spiro atoms. The average molecular weight is 308 g/mol. The van der Waals surface area contributed by atoms with Gasteiger partial charge in [0.15, 0.2) is 0 Å². The summed E-state index contributed by atoms with van der Waals surface area (Å²) in [6.45, 7) is 9.72. The third kappa shape index (κ3) is 4.55. The van der Waals surface area contributed by atoms with Crippen molar-refractivity contribution >= 4 is 5.91 Å². The molecule has 0 saturated carbocycles. The molecule has 1 fully saturated rings. The third-order valence-corrected chi connectivity index (χ3v) is 4.28. The van der Waals surface area contributed by atoms with Crippen molar-refractivity contribution in [3.05, 3.63) is 17.5 Å². The molecule has 1 unspecified atom stereocenters. The van der Waals surface area contributed by atoms with Crippen LogP contribution in [0.25, 0.3) is 0 Å². The number of hydrogen-bond acceptors (Lipinski definition) is 4. The number of amides is 1. The molecule has 0 radical (unpaired) electrons. The number of β-amino-alcohol motifs (C(OH)–C–C–N with tert-alkyl or cyclic N) is 1. The quantitative estimate of drug-likeness (QED) is 0.823. The zero-order valence-corrected chi connectivity index (χ0v) is 13.9. The molecule has 0 aliphatic carbocycles. The van der Waals surface area contributed by atoms with Crippen LogP contribution in [-0.2, 0) is 6.54 Å². The van der Waals surface area contributed by atoms with Crippen molar-refractivity contribution in [3.63, 3.8) is 0 Å². The summed E-state index contributed by atoms with van der Waals surface area (Å²) in [6, 6.07) is 1.78. The van der Waals surface area contributed by atoms with Crippen LogP contribution in [0.4, 0.5) is 0 Å². The van der Waals surface area contributed by atoms with Gasteiger partial charge in [0, 0.05) is 19.6 Å². The minimum absolute atomic E-state index is 0.172. The lowest BCUT2D eigenvalue weighted by Gasteiger charge is -2.31. The molecule has 1 aliphatic rings. The second-order valence-corrected chi connectivity index (χ2v) is 6.33. The Kier molecular flexibility index (Phi) is 5.97. The number of rotatable bonds is 6. The first-order chi connectivity index (χ1) is 10.5. The number of carbonyl (C=O) groups is 1. The summed E-state index contributed by atoms with van der Waals surface area (Å²) in [5.41, 5.74) is 1.38. The van der Waals surface area contributed by atoms with Crippen LogP contribution in [-0.4, -0.2) is 58.0 Å². The number of aryl methyl sites for hydroxylation is 2. The van der Waals surface area contributed by atoms with Crippen molar-refractivity contribution < 1.29 is 9.90 Å². The number of nitrogens with zero attached hydrogens (tertiary/aromatic N) is 3. The molecule has 0 bridgehead atoms. The van der Waals surface area contributed by atoms with Gasteiger partial charge in [-0.25, -0.2) is 0 Å². The van der Waals surface area contributed by atoms with Gasteiger partial charge in [-0.05, 0) is 51.8 Å². The Balaban J connectivity index is 1.78. The maximum atomic E-state index is 12.2. The number of likely N-dealkylation sites (tertiary alicyclic amines) is 1. The fourth-order valence-corrected chi connectivity index (χ4v) is 2.88. The van der Waals surface area contributed by atoms with Crippen molar-refractivity contribution in [2.45, 2.75) is 46.3 Å². The van der Waals surface area contributed by atoms with Crippen LogP contribution in [0, 0.1) is 12.8 Å². The topological polar surface area (TPSA) is 70.4 Å². The number of aliphatic hydroxyl groups excluding tert-OH is 1. The van der Waals surface area contributed by atoms with Crippen molar-refractivity contribution in [3.8, 4) is 0 Å². The van der Waals surface area contributed by atoms with Crippen molar-refractivity contribution in [2.75, 3.05) is 26.2 Å². The van der Waals surface area contributed by atoms with Crippen LogP contribution in [0.5, 0.6) is 0 Å². The first kappa shape index (κ1) is 17.0. The van der Waals surface area contributed by atoms with E-state index in [0.717, 1.165) is 24.7 Å². The summed E-state index contributed by atoms with van der Waals surface area (Å²) in [6.07, 6.45) is 1.85. The highest BCUT2D eigenvalue weighted by molar-refractivity contribution is 5.92. The molecule has 0 aromatic carbocycles. The molecular formula is C16H28N4O2. The summed E-state index contributed by atoms with van der Waals surface area (Å²) in [5, 5.41) is 17.2. The van der Waals surface area contributed by atoms with Gasteiger partial charge in [0.05, 0.1) is 11.8 Å². The molecule has 1 aromatic rings. The Morgan fingerprint density at radius 1 is 1.50 bits per heavy atom. The van der Waals surface area contributed by atoms with E-state index in [0.29, 0.717) is 18.8 Å². The summed E-state index contributed by atoms with van der Waals surface area (Å²) >= 11 is 0. The van der Waals surface area contributed by atoms with E-state index >= 15 is 0 Å². The second kappa shape index (κ2) is 7.74. The van der Waals surface area contributed by atoms with Crippen molar-refractivity contribution in [2.24, 2.45) is 5.92 Å². The smallest absolute Gasteiger partial charge is 0.269 e. The number of hydrogen-bond donors (Lipinski definition) is 2. The van der Waals surface area contributed by atoms with E-state index in [4.69, 9.17) is 0 Å². The molecule has 1 atom stereocenters. The van der Waals surface area contributed by atoms with E-state index in [1.807, 2.05) is 13.8 Å². The Morgan fingerprint density at radius 3 is 2.82 bits per heavy atom. The van der Waals surface area contributed by atoms with Crippen LogP contribution in [0.15, 0.2) is 6.07 Å². The van der Waals surface area contributed by atoms with Crippen molar-refractivity contribution in [1.82, 2.24) is 20.0 Å². The largest absolute Gasteiger partial charge is 0.390 e. The predicted molar refractivity (Wildman–Crippen MR) is 85.8 cm³/mol. The molecule has 2 N–H and O–H groups in total. The first-order valence-corrected chi connectivity index (χ1v) is 8.22. The Labute approximate surface area is 132 Å². The maximum Gasteiger partial charge on any atom is 0.269 e. The van der Waals surface area contributed by atoms with Crippen LogP contribution in [0.3, 0.4) is 0 Å². The monoisotopic (exact) mass is 308 g/mol. The average Bonchev–Trinajstić information content (AvgIpc) is 2.88. The molecule has 6 nitrogen and oxygen atoms in total. The molecule has 2 rings (SSSR count). The lowest BCUT2D eigenvalue weighted by atomic mass is 9.99. The molecule has 124 valence electrons. The lowest BCUT2D eigenvalue weighted by Crippen LogP contribution is -2.43. The van der Waals surface area contributed by atoms with Gasteiger partial charge in [0.25, 0.3) is 5.91 Å². The van der Waals surface area contributed by atoms with E-state index in [2.05, 4.69) is 22.2 Å². The summed E-state index contributed by atoms with van der Waals surface area (Å²) < 4.78 is 1.68. The van der Waals surface area contributed by atoms with Gasteiger partial charge in [-0.15, -0.1) is 0 Å². The van der Waals surface area contributed by atoms with E-state index in [9.17, 15) is 9.90 Å². The SMILES string of the molecule is CCn1nc(C)cc1C(=O)NCC(O)CN1CCC(C)CC1. The Morgan fingerprint density at radius 2 is 2.18 bits per heavy atom. The molecule has 6 heteroatoms. The third-order valence-electron chi connectivity index (χ3n) is 4.28. The molecule has 1 aliphatic heterocycles. The molecule has 2 heterocycles. The highest BCUT2D eigenvalue weighted by atomic mass is 16.3. The highest BCUT2D eigenvalue weighted by Gasteiger charge is 2.19. The van der Waals surface area contributed by atoms with Gasteiger partial charge in [0.1, 0.15) is 5.69 Å². The number of aromatic nitrogens is 2. The lowest BCUT2D eigenvalue weighted by molar-refractivity contribution is 0.0789. The van der Waals surface area contributed by atoms with Crippen molar-refractivity contribution in [1.29, 1.82) is 0 Å². The predicted octanol–water partition coefficient (Wildman–Crippen LogP) is 1.03. The minimum Gasteiger partial charge on any atom is -0.390 e. The standard InChI is InChI=1S/C16H28N4O2/c1-4-20-15(9-13(3)18-20)16(22)17-10-14(21)11-19-7-5-12(2)6-8-19/h9,12,14,21H,4-8,10-11H2,1-3H3,(H,17,22). The number of piperidine rings is 1. The van der Waals surface area contributed by atoms with Gasteiger partial charge < -0.3 is 15.3 Å². The van der Waals surface area contributed by atoms with E-state index < -0.39 is 6.10 Å². The van der Waals surface area contributed by atoms with Gasteiger partial charge in [-0.1, -0.05) is 6.92 Å². The van der Waals surface area contributed by atoms with E-state index in [1.165, 1.54) is 12.8 Å². The minimum atomic E-state index is -0.531. The Hall–Kier alpha value is -1.40. The first-order valence-electron chi connectivity index (χ1n) is 8.22. The highest BCUT2D eigenvalue weighted by Crippen LogP contribution is 2.15. The van der Waals surface area contributed by atoms with Crippen LogP contribution < -0.4 is 5.32 Å². The normalized spacial score (nSPS) is 18.4. The zero-order valence-electron chi connectivity index (χ0n) is 13.9. The van der Waals surface area contributed by atoms with Gasteiger partial charge >= 0.3 is 0 Å². The molecular weight excluding hydrogens is 280 g/mol. The summed E-state index contributed by atoms with van der Waals surface area (Å²) in [5.74, 6) is 0.611. The van der Waals surface area contributed by atoms with Gasteiger partial charge in [-0.3, -0.25) is 9.48 Å². The Bertz CT molecular complexity index is 492. The molecule has 22 heavy (non-hydrogen) atoms. The van der Waals surface area contributed by atoms with Gasteiger partial charge in [-0.2, -0.15) is 5.10 Å². The molecule has 1 amide bonds. The fourth-order valence-electron chi connectivity index (χ4n) is 2.88. The second-order valence-electron chi connectivity index (χ2n) is 6.33. The maximum absolute atomic E-state index is 12.2. The molecule has 1 aromatic heterocycles. The summed E-state index contributed by atoms with van der Waals surface area (Å²) in [7, 11) is 0. The van der Waals surface area contributed by atoms with Crippen LogP contribution in [0.2, 0.25) is 0 Å². The van der Waals surface area contributed by atoms with Crippen LogP contribution >= 0.6 is 0 Å². The zero-order chi connectivity index (χ0) is 16.1. The molecule has 1 saturated heterocycles. The number of carbonyl (C=O) groups excluding carboxylic acids is 1. The number of aliphatic hydroxyl groups is 1. The van der Waals surface area contributed by atoms with Gasteiger partial charge in [0.2, 0.25) is 0 Å². The summed E-state index contributed by atoms with van der Waals surface area (Å²) in [4.78, 5) is 14.5. The fraction of sp³-hybridized carbons (Fsp3) is 0.750.